The van der Waals surface area contributed by atoms with Crippen molar-refractivity contribution in [2.45, 2.75) is 25.5 Å². The van der Waals surface area contributed by atoms with Crippen molar-refractivity contribution in [2.24, 2.45) is 0 Å². The molecule has 0 atom stereocenters. The minimum atomic E-state index is -0.225. The number of amides is 1. The molecule has 178 valence electrons. The molecule has 1 N–H and O–H groups in total. The number of hydrogen-bond acceptors (Lipinski definition) is 6. The summed E-state index contributed by atoms with van der Waals surface area (Å²) in [5, 5.41) is 12.2. The topological polar surface area (TPSA) is 86.1 Å². The number of ether oxygens (including phenoxy) is 1. The van der Waals surface area contributed by atoms with Gasteiger partial charge in [0, 0.05) is 11.1 Å². The predicted octanol–water partition coefficient (Wildman–Crippen LogP) is 4.80. The van der Waals surface area contributed by atoms with Crippen LogP contribution in [0.15, 0.2) is 78.0 Å². The van der Waals surface area contributed by atoms with Crippen LogP contribution in [0.1, 0.15) is 37.7 Å². The molecule has 0 aliphatic heterocycles. The lowest BCUT2D eigenvalue weighted by Gasteiger charge is -2.15. The fourth-order valence-corrected chi connectivity index (χ4v) is 4.43. The monoisotopic (exact) mass is 486 g/mol. The quantitative estimate of drug-likeness (QED) is 0.270. The SMILES string of the molecule is COc1ccc(C(=O)NCc2nnc(SCC(=O)c3ccccc3)n2-c2cccc(C)c2C)cc1. The molecule has 0 saturated heterocycles. The molecule has 0 aliphatic carbocycles. The normalized spacial score (nSPS) is 10.7. The summed E-state index contributed by atoms with van der Waals surface area (Å²) in [5.41, 5.74) is 4.29. The Hall–Kier alpha value is -3.91. The summed E-state index contributed by atoms with van der Waals surface area (Å²) in [6.45, 7) is 4.26. The van der Waals surface area contributed by atoms with Crippen molar-refractivity contribution in [3.05, 3.63) is 101 Å². The van der Waals surface area contributed by atoms with E-state index < -0.39 is 0 Å². The van der Waals surface area contributed by atoms with Crippen LogP contribution in [0, 0.1) is 13.8 Å². The minimum Gasteiger partial charge on any atom is -0.497 e. The number of ketones is 1. The maximum atomic E-state index is 12.7. The second-order valence-corrected chi connectivity index (χ2v) is 8.88. The van der Waals surface area contributed by atoms with Gasteiger partial charge in [0.2, 0.25) is 0 Å². The molecule has 3 aromatic carbocycles. The van der Waals surface area contributed by atoms with E-state index in [1.807, 2.05) is 54.8 Å². The molecule has 4 aromatic rings. The molecular formula is C27H26N4O3S. The molecule has 7 nitrogen and oxygen atoms in total. The van der Waals surface area contributed by atoms with Gasteiger partial charge in [-0.3, -0.25) is 14.2 Å². The molecule has 8 heteroatoms. The number of nitrogens with one attached hydrogen (secondary N) is 1. The smallest absolute Gasteiger partial charge is 0.251 e. The van der Waals surface area contributed by atoms with Gasteiger partial charge < -0.3 is 10.1 Å². The lowest BCUT2D eigenvalue weighted by Crippen LogP contribution is -2.24. The van der Waals surface area contributed by atoms with Gasteiger partial charge in [0.25, 0.3) is 5.91 Å². The maximum absolute atomic E-state index is 12.7. The zero-order valence-corrected chi connectivity index (χ0v) is 20.6. The number of hydrogen-bond donors (Lipinski definition) is 1. The third kappa shape index (κ3) is 5.60. The Morgan fingerprint density at radius 2 is 1.66 bits per heavy atom. The fourth-order valence-electron chi connectivity index (χ4n) is 3.57. The summed E-state index contributed by atoms with van der Waals surface area (Å²) in [7, 11) is 1.58. The number of aryl methyl sites for hydroxylation is 1. The third-order valence-electron chi connectivity index (χ3n) is 5.70. The van der Waals surface area contributed by atoms with Gasteiger partial charge in [-0.05, 0) is 55.3 Å². The Morgan fingerprint density at radius 1 is 0.914 bits per heavy atom. The first-order valence-corrected chi connectivity index (χ1v) is 12.1. The zero-order valence-electron chi connectivity index (χ0n) is 19.8. The van der Waals surface area contributed by atoms with E-state index in [4.69, 9.17) is 4.74 Å². The summed E-state index contributed by atoms with van der Waals surface area (Å²) in [6, 6.07) is 22.1. The predicted molar refractivity (Wildman–Crippen MR) is 136 cm³/mol. The highest BCUT2D eigenvalue weighted by atomic mass is 32.2. The van der Waals surface area contributed by atoms with Gasteiger partial charge in [-0.2, -0.15) is 0 Å². The van der Waals surface area contributed by atoms with E-state index in [9.17, 15) is 9.59 Å². The van der Waals surface area contributed by atoms with E-state index in [0.29, 0.717) is 27.9 Å². The Kier molecular flexibility index (Phi) is 7.62. The number of thioether (sulfide) groups is 1. The average Bonchev–Trinajstić information content (AvgIpc) is 3.30. The molecule has 1 heterocycles. The Morgan fingerprint density at radius 3 is 2.37 bits per heavy atom. The molecule has 1 amide bonds. The van der Waals surface area contributed by atoms with Crippen molar-refractivity contribution in [2.75, 3.05) is 12.9 Å². The molecule has 4 rings (SSSR count). The third-order valence-corrected chi connectivity index (χ3v) is 6.63. The van der Waals surface area contributed by atoms with Crippen LogP contribution in [0.2, 0.25) is 0 Å². The van der Waals surface area contributed by atoms with Crippen molar-refractivity contribution in [1.82, 2.24) is 20.1 Å². The molecule has 0 spiro atoms. The van der Waals surface area contributed by atoms with Crippen LogP contribution in [-0.2, 0) is 6.54 Å². The highest BCUT2D eigenvalue weighted by Gasteiger charge is 2.19. The first-order chi connectivity index (χ1) is 17.0. The molecule has 35 heavy (non-hydrogen) atoms. The van der Waals surface area contributed by atoms with Crippen LogP contribution in [-0.4, -0.2) is 39.3 Å². The number of Topliss-reactive ketones (excluding diaryl/α,β-unsaturated/α-hetero) is 1. The van der Waals surface area contributed by atoms with Crippen LogP contribution in [0.4, 0.5) is 0 Å². The molecule has 1 aromatic heterocycles. The van der Waals surface area contributed by atoms with Crippen LogP contribution in [0.25, 0.3) is 5.69 Å². The van der Waals surface area contributed by atoms with Gasteiger partial charge in [0.05, 0.1) is 25.1 Å². The van der Waals surface area contributed by atoms with Gasteiger partial charge in [-0.15, -0.1) is 10.2 Å². The van der Waals surface area contributed by atoms with Crippen LogP contribution in [0.5, 0.6) is 5.75 Å². The highest BCUT2D eigenvalue weighted by molar-refractivity contribution is 7.99. The Labute approximate surface area is 208 Å². The number of carbonyl (C=O) groups is 2. The first kappa shape index (κ1) is 24.2. The lowest BCUT2D eigenvalue weighted by atomic mass is 10.1. The summed E-state index contributed by atoms with van der Waals surface area (Å²) in [5.74, 6) is 1.28. The average molecular weight is 487 g/mol. The number of benzene rings is 3. The number of nitrogens with zero attached hydrogens (tertiary/aromatic N) is 3. The van der Waals surface area contributed by atoms with Gasteiger partial charge in [0.15, 0.2) is 16.8 Å². The summed E-state index contributed by atoms with van der Waals surface area (Å²) < 4.78 is 7.07. The molecule has 0 fully saturated rings. The molecule has 0 saturated carbocycles. The van der Waals surface area contributed by atoms with Crippen molar-refractivity contribution < 1.29 is 14.3 Å². The number of aromatic nitrogens is 3. The van der Waals surface area contributed by atoms with E-state index in [1.54, 1.807) is 43.5 Å². The Balaban J connectivity index is 1.58. The first-order valence-electron chi connectivity index (χ1n) is 11.1. The highest BCUT2D eigenvalue weighted by Crippen LogP contribution is 2.26. The molecule has 0 unspecified atom stereocenters. The largest absolute Gasteiger partial charge is 0.497 e. The van der Waals surface area contributed by atoms with Crippen LogP contribution in [0.3, 0.4) is 0 Å². The van der Waals surface area contributed by atoms with E-state index in [2.05, 4.69) is 15.5 Å². The standard InChI is InChI=1S/C27H26N4O3S/c1-18-8-7-11-23(19(18)2)31-25(16-28-26(33)21-12-14-22(34-3)15-13-21)29-30-27(31)35-17-24(32)20-9-5-4-6-10-20/h4-15H,16-17H2,1-3H3,(H,28,33). The summed E-state index contributed by atoms with van der Waals surface area (Å²) in [4.78, 5) is 25.4. The molecule has 0 aliphatic rings. The summed E-state index contributed by atoms with van der Waals surface area (Å²) >= 11 is 1.33. The molecular weight excluding hydrogens is 460 g/mol. The number of rotatable bonds is 9. The number of carbonyl (C=O) groups excluding carboxylic acids is 2. The van der Waals surface area contributed by atoms with E-state index >= 15 is 0 Å². The second kappa shape index (κ2) is 11.0. The van der Waals surface area contributed by atoms with Gasteiger partial charge in [0.1, 0.15) is 5.75 Å². The van der Waals surface area contributed by atoms with Crippen LogP contribution < -0.4 is 10.1 Å². The second-order valence-electron chi connectivity index (χ2n) is 7.94. The number of methoxy groups -OCH3 is 1. The van der Waals surface area contributed by atoms with Crippen molar-refractivity contribution in [3.8, 4) is 11.4 Å². The lowest BCUT2D eigenvalue weighted by molar-refractivity contribution is 0.0948. The maximum Gasteiger partial charge on any atom is 0.251 e. The van der Waals surface area contributed by atoms with Crippen molar-refractivity contribution >= 4 is 23.5 Å². The summed E-state index contributed by atoms with van der Waals surface area (Å²) in [6.07, 6.45) is 0. The van der Waals surface area contributed by atoms with Crippen LogP contribution >= 0.6 is 11.8 Å². The zero-order chi connectivity index (χ0) is 24.8. The van der Waals surface area contributed by atoms with E-state index in [-0.39, 0.29) is 24.0 Å². The van der Waals surface area contributed by atoms with Crippen molar-refractivity contribution in [3.63, 3.8) is 0 Å². The minimum absolute atomic E-state index is 0.0143. The van der Waals surface area contributed by atoms with Gasteiger partial charge in [-0.25, -0.2) is 0 Å². The van der Waals surface area contributed by atoms with Crippen molar-refractivity contribution in [1.29, 1.82) is 0 Å². The van der Waals surface area contributed by atoms with Gasteiger partial charge >= 0.3 is 0 Å². The van der Waals surface area contributed by atoms with E-state index in [0.717, 1.165) is 16.8 Å². The van der Waals surface area contributed by atoms with E-state index in [1.165, 1.54) is 11.8 Å². The molecule has 0 bridgehead atoms. The van der Waals surface area contributed by atoms with Gasteiger partial charge in [-0.1, -0.05) is 54.2 Å². The fraction of sp³-hybridized carbons (Fsp3) is 0.185. The Bertz CT molecular complexity index is 1330. The molecule has 0 radical (unpaired) electrons.